The first-order valence-corrected chi connectivity index (χ1v) is 11.4. The molecule has 0 aromatic heterocycles. The van der Waals surface area contributed by atoms with Gasteiger partial charge in [0.1, 0.15) is 6.61 Å². The summed E-state index contributed by atoms with van der Waals surface area (Å²) in [7, 11) is 0. The monoisotopic (exact) mass is 373 g/mol. The summed E-state index contributed by atoms with van der Waals surface area (Å²) in [6.45, 7) is 5.13. The van der Waals surface area contributed by atoms with Crippen molar-refractivity contribution < 1.29 is 14.5 Å². The van der Waals surface area contributed by atoms with Crippen LogP contribution in [0.3, 0.4) is 0 Å². The molecule has 0 amide bonds. The van der Waals surface area contributed by atoms with E-state index in [-0.39, 0.29) is 0 Å². The van der Waals surface area contributed by atoms with Crippen molar-refractivity contribution in [3.8, 4) is 0 Å². The van der Waals surface area contributed by atoms with E-state index in [1.165, 1.54) is 96.3 Å². The first-order valence-electron chi connectivity index (χ1n) is 11.4. The largest absolute Gasteiger partial charge is 0.379 e. The van der Waals surface area contributed by atoms with Crippen molar-refractivity contribution in [1.29, 1.82) is 0 Å². The Morgan fingerprint density at radius 2 is 0.885 bits per heavy atom. The molecule has 0 aliphatic carbocycles. The maximum atomic E-state index is 5.50. The van der Waals surface area contributed by atoms with Crippen LogP contribution in [-0.2, 0) is 14.5 Å². The molecular formula is C22H47NO3. The highest BCUT2D eigenvalue weighted by Gasteiger charge is 1.95. The van der Waals surface area contributed by atoms with Crippen LogP contribution >= 0.6 is 0 Å². The predicted octanol–water partition coefficient (Wildman–Crippen LogP) is 6.17. The van der Waals surface area contributed by atoms with Gasteiger partial charge in [-0.3, -0.25) is 0 Å². The standard InChI is InChI=1S/C22H47NO3/c1-2-3-4-5-6-7-8-9-10-11-12-13-14-15-16-17-19-24-21-22-26-25-20-18-23/h2-23H2,1H3. The van der Waals surface area contributed by atoms with Crippen LogP contribution in [0, 0.1) is 0 Å². The number of hydrogen-bond donors (Lipinski definition) is 1. The van der Waals surface area contributed by atoms with Gasteiger partial charge in [-0.2, -0.15) is 0 Å². The average molecular weight is 374 g/mol. The van der Waals surface area contributed by atoms with Crippen LogP contribution in [0.5, 0.6) is 0 Å². The third-order valence-corrected chi connectivity index (χ3v) is 4.74. The van der Waals surface area contributed by atoms with E-state index in [2.05, 4.69) is 6.92 Å². The first kappa shape index (κ1) is 25.8. The van der Waals surface area contributed by atoms with Crippen molar-refractivity contribution in [3.63, 3.8) is 0 Å². The number of rotatable bonds is 23. The second-order valence-corrected chi connectivity index (χ2v) is 7.35. The third kappa shape index (κ3) is 23.8. The zero-order valence-corrected chi connectivity index (χ0v) is 17.7. The Morgan fingerprint density at radius 3 is 1.35 bits per heavy atom. The minimum absolute atomic E-state index is 0.444. The van der Waals surface area contributed by atoms with Crippen molar-refractivity contribution in [3.05, 3.63) is 0 Å². The topological polar surface area (TPSA) is 53.7 Å². The molecule has 0 saturated heterocycles. The molecule has 0 fully saturated rings. The average Bonchev–Trinajstić information content (AvgIpc) is 2.66. The lowest BCUT2D eigenvalue weighted by molar-refractivity contribution is -0.296. The predicted molar refractivity (Wildman–Crippen MR) is 111 cm³/mol. The quantitative estimate of drug-likeness (QED) is 0.132. The highest BCUT2D eigenvalue weighted by molar-refractivity contribution is 4.50. The van der Waals surface area contributed by atoms with Gasteiger partial charge in [0, 0.05) is 13.2 Å². The molecule has 0 spiro atoms. The van der Waals surface area contributed by atoms with Crippen molar-refractivity contribution in [2.24, 2.45) is 5.73 Å². The fourth-order valence-electron chi connectivity index (χ4n) is 3.11. The van der Waals surface area contributed by atoms with Crippen LogP contribution in [0.2, 0.25) is 0 Å². The van der Waals surface area contributed by atoms with E-state index in [0.29, 0.717) is 26.4 Å². The zero-order chi connectivity index (χ0) is 19.0. The van der Waals surface area contributed by atoms with E-state index in [4.69, 9.17) is 20.2 Å². The summed E-state index contributed by atoms with van der Waals surface area (Å²) in [4.78, 5) is 9.72. The molecule has 26 heavy (non-hydrogen) atoms. The molecule has 0 atom stereocenters. The van der Waals surface area contributed by atoms with Crippen LogP contribution in [0.25, 0.3) is 0 Å². The normalized spacial score (nSPS) is 11.3. The first-order chi connectivity index (χ1) is 12.9. The highest BCUT2D eigenvalue weighted by Crippen LogP contribution is 2.13. The molecule has 4 heteroatoms. The van der Waals surface area contributed by atoms with Gasteiger partial charge in [0.15, 0.2) is 0 Å². The Kier molecular flexibility index (Phi) is 24.7. The molecule has 0 unspecified atom stereocenters. The lowest BCUT2D eigenvalue weighted by Gasteiger charge is -2.05. The van der Waals surface area contributed by atoms with Crippen molar-refractivity contribution >= 4 is 0 Å². The third-order valence-electron chi connectivity index (χ3n) is 4.74. The fraction of sp³-hybridized carbons (Fsp3) is 1.00. The molecule has 0 bridgehead atoms. The molecular weight excluding hydrogens is 326 g/mol. The Morgan fingerprint density at radius 1 is 0.462 bits per heavy atom. The van der Waals surface area contributed by atoms with Gasteiger partial charge in [0.25, 0.3) is 0 Å². The molecule has 0 aliphatic heterocycles. The maximum Gasteiger partial charge on any atom is 0.106 e. The lowest BCUT2D eigenvalue weighted by atomic mass is 10.0. The van der Waals surface area contributed by atoms with Gasteiger partial charge < -0.3 is 10.5 Å². The molecule has 0 heterocycles. The Hall–Kier alpha value is -0.160. The Labute approximate surface area is 163 Å². The van der Waals surface area contributed by atoms with Crippen LogP contribution in [0.15, 0.2) is 0 Å². The molecule has 0 rings (SSSR count). The van der Waals surface area contributed by atoms with Gasteiger partial charge in [0.2, 0.25) is 0 Å². The summed E-state index contributed by atoms with van der Waals surface area (Å²) in [6.07, 6.45) is 22.4. The van der Waals surface area contributed by atoms with E-state index < -0.39 is 0 Å². The summed E-state index contributed by atoms with van der Waals surface area (Å²) in [5.41, 5.74) is 5.28. The summed E-state index contributed by atoms with van der Waals surface area (Å²) >= 11 is 0. The molecule has 4 nitrogen and oxygen atoms in total. The lowest BCUT2D eigenvalue weighted by Crippen LogP contribution is -2.11. The van der Waals surface area contributed by atoms with E-state index in [9.17, 15) is 0 Å². The van der Waals surface area contributed by atoms with E-state index in [1.54, 1.807) is 0 Å². The summed E-state index contributed by atoms with van der Waals surface area (Å²) in [6, 6.07) is 0. The molecule has 0 radical (unpaired) electrons. The SMILES string of the molecule is CCCCCCCCCCCCCCCCCCOCCOOCCN. The fourth-order valence-corrected chi connectivity index (χ4v) is 3.11. The summed E-state index contributed by atoms with van der Waals surface area (Å²) in [5, 5.41) is 0. The van der Waals surface area contributed by atoms with Gasteiger partial charge in [-0.15, -0.1) is 0 Å². The van der Waals surface area contributed by atoms with Gasteiger partial charge in [-0.1, -0.05) is 103 Å². The van der Waals surface area contributed by atoms with Crippen molar-refractivity contribution in [2.45, 2.75) is 110 Å². The molecule has 2 N–H and O–H groups in total. The van der Waals surface area contributed by atoms with Crippen LogP contribution < -0.4 is 5.73 Å². The van der Waals surface area contributed by atoms with E-state index >= 15 is 0 Å². The van der Waals surface area contributed by atoms with Gasteiger partial charge in [0.05, 0.1) is 13.2 Å². The minimum atomic E-state index is 0.444. The van der Waals surface area contributed by atoms with Crippen molar-refractivity contribution in [2.75, 3.05) is 33.0 Å². The summed E-state index contributed by atoms with van der Waals surface area (Å²) < 4.78 is 5.50. The highest BCUT2D eigenvalue weighted by atomic mass is 17.2. The molecule has 0 aliphatic rings. The molecule has 0 saturated carbocycles. The van der Waals surface area contributed by atoms with Gasteiger partial charge in [-0.25, -0.2) is 9.78 Å². The second kappa shape index (κ2) is 24.8. The van der Waals surface area contributed by atoms with Crippen LogP contribution in [0.1, 0.15) is 110 Å². The molecule has 158 valence electrons. The van der Waals surface area contributed by atoms with E-state index in [1.807, 2.05) is 0 Å². The zero-order valence-electron chi connectivity index (χ0n) is 17.7. The van der Waals surface area contributed by atoms with Crippen LogP contribution in [0.4, 0.5) is 0 Å². The van der Waals surface area contributed by atoms with Gasteiger partial charge >= 0.3 is 0 Å². The smallest absolute Gasteiger partial charge is 0.106 e. The minimum Gasteiger partial charge on any atom is -0.379 e. The molecule has 0 aromatic carbocycles. The van der Waals surface area contributed by atoms with E-state index in [0.717, 1.165) is 13.0 Å². The Balaban J connectivity index is 2.95. The number of ether oxygens (including phenoxy) is 1. The van der Waals surface area contributed by atoms with Crippen LogP contribution in [-0.4, -0.2) is 33.0 Å². The number of unbranched alkanes of at least 4 members (excludes halogenated alkanes) is 15. The Bertz CT molecular complexity index is 215. The number of nitrogens with two attached hydrogens (primary N) is 1. The second-order valence-electron chi connectivity index (χ2n) is 7.35. The van der Waals surface area contributed by atoms with Gasteiger partial charge in [-0.05, 0) is 6.42 Å². The van der Waals surface area contributed by atoms with Crippen molar-refractivity contribution in [1.82, 2.24) is 0 Å². The maximum absolute atomic E-state index is 5.50. The molecule has 0 aromatic rings. The summed E-state index contributed by atoms with van der Waals surface area (Å²) in [5.74, 6) is 0. The number of hydrogen-bond acceptors (Lipinski definition) is 4.